The first-order chi connectivity index (χ1) is 12.8. The average molecular weight is 383 g/mol. The third-order valence-electron chi connectivity index (χ3n) is 4.70. The maximum absolute atomic E-state index is 12.3. The molecule has 1 fully saturated rings. The fourth-order valence-electron chi connectivity index (χ4n) is 2.89. The molecule has 0 atom stereocenters. The minimum atomic E-state index is -3.61. The van der Waals surface area contributed by atoms with Crippen LogP contribution in [0.5, 0.6) is 0 Å². The molecule has 1 aliphatic carbocycles. The van der Waals surface area contributed by atoms with Crippen LogP contribution in [0.4, 0.5) is 5.69 Å². The van der Waals surface area contributed by atoms with E-state index in [0.29, 0.717) is 30.6 Å². The Hall–Kier alpha value is -2.85. The second-order valence-electron chi connectivity index (χ2n) is 6.77. The Morgan fingerprint density at radius 3 is 2.44 bits per heavy atom. The number of nitrogens with zero attached hydrogens (tertiary/aromatic N) is 1. The molecule has 2 aromatic carbocycles. The molecule has 2 N–H and O–H groups in total. The van der Waals surface area contributed by atoms with Gasteiger partial charge in [0.1, 0.15) is 6.07 Å². The van der Waals surface area contributed by atoms with Crippen LogP contribution >= 0.6 is 0 Å². The van der Waals surface area contributed by atoms with Gasteiger partial charge in [-0.1, -0.05) is 18.2 Å². The number of carbonyl (C=O) groups excluding carboxylic acids is 1. The highest BCUT2D eigenvalue weighted by Gasteiger charge is 2.37. The number of benzene rings is 2. The molecule has 6 nitrogen and oxygen atoms in total. The minimum absolute atomic E-state index is 0.197. The molecule has 0 aliphatic heterocycles. The van der Waals surface area contributed by atoms with E-state index < -0.39 is 21.2 Å². The van der Waals surface area contributed by atoms with Crippen LogP contribution in [-0.4, -0.2) is 19.6 Å². The van der Waals surface area contributed by atoms with Crippen LogP contribution in [0.3, 0.4) is 0 Å². The third kappa shape index (κ3) is 4.29. The number of carbonyl (C=O) groups is 1. The van der Waals surface area contributed by atoms with Crippen molar-refractivity contribution in [1.82, 2.24) is 4.72 Å². The number of anilines is 1. The van der Waals surface area contributed by atoms with Gasteiger partial charge in [0, 0.05) is 12.1 Å². The Morgan fingerprint density at radius 1 is 1.19 bits per heavy atom. The molecule has 1 amide bonds. The van der Waals surface area contributed by atoms with Gasteiger partial charge in [-0.05, 0) is 61.6 Å². The van der Waals surface area contributed by atoms with Crippen LogP contribution in [0, 0.1) is 25.2 Å². The molecule has 0 unspecified atom stereocenters. The standard InChI is InChI=1S/C20H21N3O3S/c1-13-4-3-5-14(2)18(13)12-22-19-10-15(6-7-16(19)11-21)20(24)23-27(25,26)17-8-9-17/h3-7,10,17,22H,8-9,12H2,1-2H3,(H,23,24). The van der Waals surface area contributed by atoms with Gasteiger partial charge >= 0.3 is 0 Å². The number of nitriles is 1. The lowest BCUT2D eigenvalue weighted by Gasteiger charge is -2.14. The molecule has 0 saturated heterocycles. The smallest absolute Gasteiger partial charge is 0.264 e. The topological polar surface area (TPSA) is 99.1 Å². The van der Waals surface area contributed by atoms with Crippen molar-refractivity contribution in [1.29, 1.82) is 5.26 Å². The Balaban J connectivity index is 1.81. The second kappa shape index (κ2) is 7.41. The minimum Gasteiger partial charge on any atom is -0.380 e. The van der Waals surface area contributed by atoms with Crippen molar-refractivity contribution in [3.05, 3.63) is 64.2 Å². The summed E-state index contributed by atoms with van der Waals surface area (Å²) in [6.07, 6.45) is 1.16. The quantitative estimate of drug-likeness (QED) is 0.799. The first-order valence-corrected chi connectivity index (χ1v) is 10.3. The van der Waals surface area contributed by atoms with Crippen LogP contribution in [-0.2, 0) is 16.6 Å². The maximum Gasteiger partial charge on any atom is 0.264 e. The van der Waals surface area contributed by atoms with Crippen LogP contribution in [0.15, 0.2) is 36.4 Å². The van der Waals surface area contributed by atoms with Crippen LogP contribution in [0.1, 0.15) is 45.5 Å². The fourth-order valence-corrected chi connectivity index (χ4v) is 4.19. The lowest BCUT2D eigenvalue weighted by atomic mass is 10.0. The first-order valence-electron chi connectivity index (χ1n) is 8.71. The SMILES string of the molecule is Cc1cccc(C)c1CNc1cc(C(=O)NS(=O)(=O)C2CC2)ccc1C#N. The summed E-state index contributed by atoms with van der Waals surface area (Å²) in [7, 11) is -3.61. The normalized spacial score (nSPS) is 13.7. The summed E-state index contributed by atoms with van der Waals surface area (Å²) >= 11 is 0. The van der Waals surface area contributed by atoms with E-state index in [2.05, 4.69) is 16.1 Å². The van der Waals surface area contributed by atoms with Crippen molar-refractivity contribution < 1.29 is 13.2 Å². The maximum atomic E-state index is 12.3. The van der Waals surface area contributed by atoms with Gasteiger partial charge in [-0.25, -0.2) is 13.1 Å². The van der Waals surface area contributed by atoms with Gasteiger partial charge in [-0.3, -0.25) is 4.79 Å². The molecule has 0 spiro atoms. The molecule has 140 valence electrons. The number of hydrogen-bond acceptors (Lipinski definition) is 5. The summed E-state index contributed by atoms with van der Waals surface area (Å²) in [6, 6.07) is 12.6. The third-order valence-corrected chi connectivity index (χ3v) is 6.52. The summed E-state index contributed by atoms with van der Waals surface area (Å²) in [6.45, 7) is 4.53. The zero-order chi connectivity index (χ0) is 19.6. The van der Waals surface area contributed by atoms with Gasteiger partial charge in [0.2, 0.25) is 10.0 Å². The molecule has 0 bridgehead atoms. The van der Waals surface area contributed by atoms with E-state index in [4.69, 9.17) is 0 Å². The second-order valence-corrected chi connectivity index (χ2v) is 8.73. The van der Waals surface area contributed by atoms with E-state index in [1.807, 2.05) is 32.0 Å². The van der Waals surface area contributed by atoms with E-state index >= 15 is 0 Å². The summed E-state index contributed by atoms with van der Waals surface area (Å²) < 4.78 is 26.1. The van der Waals surface area contributed by atoms with Crippen LogP contribution in [0.2, 0.25) is 0 Å². The monoisotopic (exact) mass is 383 g/mol. The molecule has 2 aromatic rings. The van der Waals surface area contributed by atoms with Crippen molar-refractivity contribution in [2.24, 2.45) is 0 Å². The van der Waals surface area contributed by atoms with E-state index in [0.717, 1.165) is 16.7 Å². The zero-order valence-corrected chi connectivity index (χ0v) is 16.1. The highest BCUT2D eigenvalue weighted by atomic mass is 32.2. The van der Waals surface area contributed by atoms with Crippen molar-refractivity contribution in [3.8, 4) is 6.07 Å². The number of nitrogens with one attached hydrogen (secondary N) is 2. The van der Waals surface area contributed by atoms with Crippen LogP contribution in [0.25, 0.3) is 0 Å². The van der Waals surface area contributed by atoms with Crippen molar-refractivity contribution in [3.63, 3.8) is 0 Å². The van der Waals surface area contributed by atoms with Crippen molar-refractivity contribution >= 4 is 21.6 Å². The Kier molecular flexibility index (Phi) is 5.19. The van der Waals surface area contributed by atoms with Gasteiger partial charge in [0.15, 0.2) is 0 Å². The largest absolute Gasteiger partial charge is 0.380 e. The Labute approximate surface area is 159 Å². The van der Waals surface area contributed by atoms with Gasteiger partial charge in [-0.2, -0.15) is 5.26 Å². The summed E-state index contributed by atoms with van der Waals surface area (Å²) in [5.41, 5.74) is 4.46. The summed E-state index contributed by atoms with van der Waals surface area (Å²) in [5, 5.41) is 12.1. The van der Waals surface area contributed by atoms with Gasteiger partial charge in [-0.15, -0.1) is 0 Å². The molecule has 0 radical (unpaired) electrons. The van der Waals surface area contributed by atoms with E-state index in [9.17, 15) is 18.5 Å². The molecular weight excluding hydrogens is 362 g/mol. The highest BCUT2D eigenvalue weighted by molar-refractivity contribution is 7.91. The molecule has 27 heavy (non-hydrogen) atoms. The predicted molar refractivity (Wildman–Crippen MR) is 104 cm³/mol. The number of hydrogen-bond donors (Lipinski definition) is 2. The zero-order valence-electron chi connectivity index (χ0n) is 15.2. The first kappa shape index (κ1) is 18.9. The van der Waals surface area contributed by atoms with Gasteiger partial charge in [0.25, 0.3) is 5.91 Å². The lowest BCUT2D eigenvalue weighted by molar-refractivity contribution is 0.0981. The van der Waals surface area contributed by atoms with Crippen molar-refractivity contribution in [2.75, 3.05) is 5.32 Å². The molecule has 1 aliphatic rings. The van der Waals surface area contributed by atoms with Crippen molar-refractivity contribution in [2.45, 2.75) is 38.5 Å². The van der Waals surface area contributed by atoms with E-state index in [1.165, 1.54) is 18.2 Å². The van der Waals surface area contributed by atoms with E-state index in [1.54, 1.807) is 0 Å². The van der Waals surface area contributed by atoms with Gasteiger partial charge < -0.3 is 5.32 Å². The van der Waals surface area contributed by atoms with Gasteiger partial charge in [0.05, 0.1) is 16.5 Å². The molecule has 3 rings (SSSR count). The molecular formula is C20H21N3O3S. The number of aryl methyl sites for hydroxylation is 2. The fraction of sp³-hybridized carbons (Fsp3) is 0.300. The number of sulfonamides is 1. The molecule has 7 heteroatoms. The number of amides is 1. The molecule has 0 heterocycles. The summed E-state index contributed by atoms with van der Waals surface area (Å²) in [4.78, 5) is 12.3. The Bertz CT molecular complexity index is 1010. The molecule has 1 saturated carbocycles. The van der Waals surface area contributed by atoms with E-state index in [-0.39, 0.29) is 5.56 Å². The Morgan fingerprint density at radius 2 is 1.85 bits per heavy atom. The lowest BCUT2D eigenvalue weighted by Crippen LogP contribution is -2.33. The average Bonchev–Trinajstić information content (AvgIpc) is 3.46. The predicted octanol–water partition coefficient (Wildman–Crippen LogP) is 3.01. The number of rotatable bonds is 6. The summed E-state index contributed by atoms with van der Waals surface area (Å²) in [5.74, 6) is -0.679. The molecule has 0 aromatic heterocycles. The van der Waals surface area contributed by atoms with Crippen LogP contribution < -0.4 is 10.0 Å². The highest BCUT2D eigenvalue weighted by Crippen LogP contribution is 2.28.